The Morgan fingerprint density at radius 1 is 1.43 bits per heavy atom. The van der Waals surface area contributed by atoms with E-state index in [2.05, 4.69) is 6.58 Å². The summed E-state index contributed by atoms with van der Waals surface area (Å²) in [5.41, 5.74) is 6.93. The summed E-state index contributed by atoms with van der Waals surface area (Å²) in [6.07, 6.45) is 1.33. The summed E-state index contributed by atoms with van der Waals surface area (Å²) in [5, 5.41) is 0. The Bertz CT molecular complexity index is 318. The molecule has 0 heterocycles. The highest BCUT2D eigenvalue weighted by molar-refractivity contribution is 5.91. The standard InChI is InChI=1S/C12H15NO/c1-3-11(14)9(2)12(13)10-7-5-4-6-8-10/h3-9,12H,1,13H2,2H3. The zero-order chi connectivity index (χ0) is 10.6. The van der Waals surface area contributed by atoms with Gasteiger partial charge in [0.25, 0.3) is 0 Å². The van der Waals surface area contributed by atoms with E-state index < -0.39 is 0 Å². The second kappa shape index (κ2) is 4.72. The fourth-order valence-electron chi connectivity index (χ4n) is 1.33. The maximum absolute atomic E-state index is 11.3. The van der Waals surface area contributed by atoms with Crippen molar-refractivity contribution < 1.29 is 4.79 Å². The van der Waals surface area contributed by atoms with E-state index in [4.69, 9.17) is 5.73 Å². The van der Waals surface area contributed by atoms with Gasteiger partial charge in [-0.2, -0.15) is 0 Å². The Labute approximate surface area is 84.4 Å². The van der Waals surface area contributed by atoms with E-state index in [0.717, 1.165) is 5.56 Å². The number of nitrogens with two attached hydrogens (primary N) is 1. The molecule has 1 aromatic carbocycles. The van der Waals surface area contributed by atoms with Gasteiger partial charge in [-0.3, -0.25) is 4.79 Å². The van der Waals surface area contributed by atoms with Crippen LogP contribution < -0.4 is 5.73 Å². The molecule has 0 aliphatic heterocycles. The van der Waals surface area contributed by atoms with Crippen molar-refractivity contribution in [2.24, 2.45) is 11.7 Å². The lowest BCUT2D eigenvalue weighted by Crippen LogP contribution is -2.24. The van der Waals surface area contributed by atoms with Gasteiger partial charge in [-0.1, -0.05) is 43.8 Å². The van der Waals surface area contributed by atoms with Gasteiger partial charge in [-0.15, -0.1) is 0 Å². The molecule has 2 atom stereocenters. The number of benzene rings is 1. The lowest BCUT2D eigenvalue weighted by atomic mass is 9.92. The van der Waals surface area contributed by atoms with Crippen molar-refractivity contribution in [1.82, 2.24) is 0 Å². The largest absolute Gasteiger partial charge is 0.323 e. The first-order chi connectivity index (χ1) is 6.66. The first-order valence-electron chi connectivity index (χ1n) is 4.63. The maximum Gasteiger partial charge on any atom is 0.159 e. The van der Waals surface area contributed by atoms with Crippen LogP contribution in [0.5, 0.6) is 0 Å². The van der Waals surface area contributed by atoms with Gasteiger partial charge < -0.3 is 5.73 Å². The van der Waals surface area contributed by atoms with Crippen molar-refractivity contribution in [3.63, 3.8) is 0 Å². The van der Waals surface area contributed by atoms with Crippen LogP contribution >= 0.6 is 0 Å². The predicted molar refractivity (Wildman–Crippen MR) is 57.7 cm³/mol. The van der Waals surface area contributed by atoms with Crippen molar-refractivity contribution in [2.75, 3.05) is 0 Å². The third-order valence-electron chi connectivity index (χ3n) is 2.37. The van der Waals surface area contributed by atoms with E-state index in [9.17, 15) is 4.79 Å². The Kier molecular flexibility index (Phi) is 3.60. The highest BCUT2D eigenvalue weighted by Crippen LogP contribution is 2.19. The average Bonchev–Trinajstić information content (AvgIpc) is 2.27. The molecule has 0 saturated carbocycles. The minimum absolute atomic E-state index is 0.0126. The smallest absolute Gasteiger partial charge is 0.159 e. The highest BCUT2D eigenvalue weighted by Gasteiger charge is 2.19. The molecule has 0 amide bonds. The Balaban J connectivity index is 2.80. The molecule has 1 aromatic rings. The lowest BCUT2D eigenvalue weighted by molar-refractivity contribution is -0.118. The van der Waals surface area contributed by atoms with E-state index in [1.54, 1.807) is 0 Å². The van der Waals surface area contributed by atoms with E-state index in [1.165, 1.54) is 6.08 Å². The molecule has 0 aliphatic rings. The normalized spacial score (nSPS) is 14.4. The molecule has 0 aliphatic carbocycles. The molecular weight excluding hydrogens is 174 g/mol. The Morgan fingerprint density at radius 2 is 2.00 bits per heavy atom. The van der Waals surface area contributed by atoms with Crippen LogP contribution in [-0.2, 0) is 4.79 Å². The van der Waals surface area contributed by atoms with Gasteiger partial charge in [0.2, 0.25) is 0 Å². The number of hydrogen-bond acceptors (Lipinski definition) is 2. The molecule has 0 aromatic heterocycles. The van der Waals surface area contributed by atoms with E-state index in [-0.39, 0.29) is 17.7 Å². The summed E-state index contributed by atoms with van der Waals surface area (Å²) in [6, 6.07) is 9.37. The van der Waals surface area contributed by atoms with Gasteiger partial charge in [0.05, 0.1) is 0 Å². The van der Waals surface area contributed by atoms with Gasteiger partial charge >= 0.3 is 0 Å². The fourth-order valence-corrected chi connectivity index (χ4v) is 1.33. The molecule has 0 fully saturated rings. The van der Waals surface area contributed by atoms with Gasteiger partial charge in [-0.25, -0.2) is 0 Å². The monoisotopic (exact) mass is 189 g/mol. The minimum atomic E-state index is -0.248. The second-order valence-corrected chi connectivity index (χ2v) is 3.33. The van der Waals surface area contributed by atoms with Crippen molar-refractivity contribution in [3.8, 4) is 0 Å². The van der Waals surface area contributed by atoms with Crippen molar-refractivity contribution >= 4 is 5.78 Å². The van der Waals surface area contributed by atoms with Crippen LogP contribution in [0.2, 0.25) is 0 Å². The number of ketones is 1. The third-order valence-corrected chi connectivity index (χ3v) is 2.37. The van der Waals surface area contributed by atoms with Crippen LogP contribution in [0.3, 0.4) is 0 Å². The minimum Gasteiger partial charge on any atom is -0.323 e. The zero-order valence-corrected chi connectivity index (χ0v) is 8.31. The van der Waals surface area contributed by atoms with E-state index >= 15 is 0 Å². The predicted octanol–water partition coefficient (Wildman–Crippen LogP) is 2.08. The second-order valence-electron chi connectivity index (χ2n) is 3.33. The van der Waals surface area contributed by atoms with Crippen LogP contribution in [0, 0.1) is 5.92 Å². The summed E-state index contributed by atoms with van der Waals surface area (Å²) >= 11 is 0. The number of rotatable bonds is 4. The van der Waals surface area contributed by atoms with Crippen LogP contribution in [-0.4, -0.2) is 5.78 Å². The van der Waals surface area contributed by atoms with Gasteiger partial charge in [0.1, 0.15) is 0 Å². The van der Waals surface area contributed by atoms with Crippen molar-refractivity contribution in [3.05, 3.63) is 48.6 Å². The van der Waals surface area contributed by atoms with Gasteiger partial charge in [-0.05, 0) is 11.6 Å². The maximum atomic E-state index is 11.3. The van der Waals surface area contributed by atoms with Crippen molar-refractivity contribution in [1.29, 1.82) is 0 Å². The van der Waals surface area contributed by atoms with Gasteiger partial charge in [0, 0.05) is 12.0 Å². The summed E-state index contributed by atoms with van der Waals surface area (Å²) in [6.45, 7) is 5.27. The summed E-state index contributed by atoms with van der Waals surface area (Å²) in [7, 11) is 0. The summed E-state index contributed by atoms with van der Waals surface area (Å²) in [5.74, 6) is -0.226. The van der Waals surface area contributed by atoms with Crippen LogP contribution in [0.1, 0.15) is 18.5 Å². The highest BCUT2D eigenvalue weighted by atomic mass is 16.1. The topological polar surface area (TPSA) is 43.1 Å². The molecule has 2 unspecified atom stereocenters. The van der Waals surface area contributed by atoms with Gasteiger partial charge in [0.15, 0.2) is 5.78 Å². The lowest BCUT2D eigenvalue weighted by Gasteiger charge is -2.17. The number of allylic oxidation sites excluding steroid dienone is 1. The van der Waals surface area contributed by atoms with Crippen LogP contribution in [0.4, 0.5) is 0 Å². The molecule has 2 heteroatoms. The number of carbonyl (C=O) groups is 1. The molecule has 14 heavy (non-hydrogen) atoms. The molecule has 1 rings (SSSR count). The number of hydrogen-bond donors (Lipinski definition) is 1. The van der Waals surface area contributed by atoms with E-state index in [1.807, 2.05) is 37.3 Å². The Morgan fingerprint density at radius 3 is 2.50 bits per heavy atom. The molecule has 2 nitrogen and oxygen atoms in total. The molecule has 0 radical (unpaired) electrons. The molecule has 0 bridgehead atoms. The summed E-state index contributed by atoms with van der Waals surface area (Å²) in [4.78, 5) is 11.3. The fraction of sp³-hybridized carbons (Fsp3) is 0.250. The summed E-state index contributed by atoms with van der Waals surface area (Å²) < 4.78 is 0. The first-order valence-corrected chi connectivity index (χ1v) is 4.63. The molecule has 2 N–H and O–H groups in total. The molecule has 0 spiro atoms. The SMILES string of the molecule is C=CC(=O)C(C)C(N)c1ccccc1. The van der Waals surface area contributed by atoms with Crippen LogP contribution in [0.15, 0.2) is 43.0 Å². The molecule has 74 valence electrons. The van der Waals surface area contributed by atoms with E-state index in [0.29, 0.717) is 0 Å². The third kappa shape index (κ3) is 2.30. The molecular formula is C12H15NO. The van der Waals surface area contributed by atoms with Crippen LogP contribution in [0.25, 0.3) is 0 Å². The quantitative estimate of drug-likeness (QED) is 0.737. The van der Waals surface area contributed by atoms with Crippen molar-refractivity contribution in [2.45, 2.75) is 13.0 Å². The average molecular weight is 189 g/mol. The number of carbonyl (C=O) groups excluding carboxylic acids is 1. The Hall–Kier alpha value is -1.41. The molecule has 0 saturated heterocycles. The zero-order valence-electron chi connectivity index (χ0n) is 8.31. The first kappa shape index (κ1) is 10.7.